The minimum atomic E-state index is -0.778. The first-order chi connectivity index (χ1) is 13.4. The first kappa shape index (κ1) is 18.7. The molecule has 0 saturated heterocycles. The van der Waals surface area contributed by atoms with Crippen LogP contribution in [0.2, 0.25) is 0 Å². The van der Waals surface area contributed by atoms with Crippen molar-refractivity contribution in [3.8, 4) is 0 Å². The van der Waals surface area contributed by atoms with Crippen molar-refractivity contribution in [3.63, 3.8) is 0 Å². The summed E-state index contributed by atoms with van der Waals surface area (Å²) in [5, 5.41) is 26.7. The number of carbonyl (C=O) groups is 1. The Morgan fingerprint density at radius 1 is 0.964 bits per heavy atom. The van der Waals surface area contributed by atoms with Gasteiger partial charge in [0.25, 0.3) is 17.3 Å². The molecule has 1 atom stereocenters. The molecule has 1 amide bonds. The first-order valence-corrected chi connectivity index (χ1v) is 8.25. The van der Waals surface area contributed by atoms with Crippen molar-refractivity contribution < 1.29 is 14.6 Å². The number of nitrogens with zero attached hydrogens (tertiary/aromatic N) is 2. The second kappa shape index (κ2) is 7.67. The van der Waals surface area contributed by atoms with Crippen molar-refractivity contribution in [1.82, 2.24) is 5.32 Å². The summed E-state index contributed by atoms with van der Waals surface area (Å²) in [5.74, 6) is -0.676. The van der Waals surface area contributed by atoms with Gasteiger partial charge in [-0.1, -0.05) is 48.5 Å². The third-order valence-corrected chi connectivity index (χ3v) is 4.27. The van der Waals surface area contributed by atoms with Gasteiger partial charge in [-0.2, -0.15) is 0 Å². The summed E-state index contributed by atoms with van der Waals surface area (Å²) in [5.41, 5.74) is -0.436. The number of nitrogens with one attached hydrogen (secondary N) is 1. The average Bonchev–Trinajstić information content (AvgIpc) is 2.71. The Hall–Kier alpha value is -4.07. The lowest BCUT2D eigenvalue weighted by atomic mass is 9.98. The smallest absolute Gasteiger partial charge is 0.277 e. The van der Waals surface area contributed by atoms with E-state index < -0.39 is 33.2 Å². The van der Waals surface area contributed by atoms with Crippen LogP contribution in [0.15, 0.2) is 73.3 Å². The Balaban J connectivity index is 1.98. The minimum absolute atomic E-state index is 0.173. The van der Waals surface area contributed by atoms with E-state index in [1.807, 2.05) is 42.5 Å². The third kappa shape index (κ3) is 3.70. The third-order valence-electron chi connectivity index (χ3n) is 4.27. The van der Waals surface area contributed by atoms with E-state index >= 15 is 0 Å². The van der Waals surface area contributed by atoms with Gasteiger partial charge in [0.1, 0.15) is 0 Å². The number of benzene rings is 3. The Morgan fingerprint density at radius 2 is 1.57 bits per heavy atom. The van der Waals surface area contributed by atoms with Crippen molar-refractivity contribution >= 4 is 28.1 Å². The summed E-state index contributed by atoms with van der Waals surface area (Å²) in [6.45, 7) is 3.75. The minimum Gasteiger partial charge on any atom is -0.342 e. The SMILES string of the molecule is C=CC(NC(=O)c1cc([N+](=O)[O-])cc([N+](=O)[O-])c1)c1cccc2ccccc12. The zero-order chi connectivity index (χ0) is 20.3. The second-order valence-corrected chi connectivity index (χ2v) is 6.01. The lowest BCUT2D eigenvalue weighted by Crippen LogP contribution is -2.27. The van der Waals surface area contributed by atoms with E-state index in [-0.39, 0.29) is 5.56 Å². The average molecular weight is 377 g/mol. The number of amides is 1. The van der Waals surface area contributed by atoms with Crippen molar-refractivity contribution in [3.05, 3.63) is 105 Å². The Labute approximate surface area is 159 Å². The normalized spacial score (nSPS) is 11.6. The molecule has 0 heterocycles. The van der Waals surface area contributed by atoms with Gasteiger partial charge in [0.15, 0.2) is 0 Å². The van der Waals surface area contributed by atoms with Crippen molar-refractivity contribution in [2.45, 2.75) is 6.04 Å². The summed E-state index contributed by atoms with van der Waals surface area (Å²) in [6, 6.07) is 15.5. The molecule has 28 heavy (non-hydrogen) atoms. The standard InChI is InChI=1S/C20H15N3O5/c1-2-19(18-9-5-7-13-6-3-4-8-17(13)18)21-20(24)14-10-15(22(25)26)12-16(11-14)23(27)28/h2-12,19H,1H2,(H,21,24). The van der Waals surface area contributed by atoms with Crippen LogP contribution in [-0.4, -0.2) is 15.8 Å². The second-order valence-electron chi connectivity index (χ2n) is 6.01. The van der Waals surface area contributed by atoms with Crippen LogP contribution in [0.1, 0.15) is 22.0 Å². The maximum atomic E-state index is 12.7. The van der Waals surface area contributed by atoms with Gasteiger partial charge in [-0.3, -0.25) is 25.0 Å². The molecule has 0 fully saturated rings. The van der Waals surface area contributed by atoms with E-state index in [2.05, 4.69) is 11.9 Å². The van der Waals surface area contributed by atoms with Crippen molar-refractivity contribution in [1.29, 1.82) is 0 Å². The van der Waals surface area contributed by atoms with Gasteiger partial charge in [0, 0.05) is 12.1 Å². The maximum absolute atomic E-state index is 12.7. The quantitative estimate of drug-likeness (QED) is 0.390. The molecule has 0 radical (unpaired) electrons. The van der Waals surface area contributed by atoms with Gasteiger partial charge in [0.05, 0.1) is 27.5 Å². The van der Waals surface area contributed by atoms with Gasteiger partial charge in [-0.05, 0) is 16.3 Å². The predicted molar refractivity (Wildman–Crippen MR) is 104 cm³/mol. The number of hydrogen-bond acceptors (Lipinski definition) is 5. The zero-order valence-corrected chi connectivity index (χ0v) is 14.6. The highest BCUT2D eigenvalue weighted by molar-refractivity contribution is 5.96. The fraction of sp³-hybridized carbons (Fsp3) is 0.0500. The van der Waals surface area contributed by atoms with Crippen LogP contribution in [0, 0.1) is 20.2 Å². The molecule has 0 aliphatic heterocycles. The van der Waals surface area contributed by atoms with Crippen LogP contribution >= 0.6 is 0 Å². The molecular weight excluding hydrogens is 362 g/mol. The summed E-state index contributed by atoms with van der Waals surface area (Å²) in [4.78, 5) is 33.2. The number of nitro groups is 2. The lowest BCUT2D eigenvalue weighted by Gasteiger charge is -2.17. The molecule has 0 aliphatic carbocycles. The van der Waals surface area contributed by atoms with Gasteiger partial charge in [0.2, 0.25) is 0 Å². The van der Waals surface area contributed by atoms with E-state index in [1.165, 1.54) is 6.08 Å². The first-order valence-electron chi connectivity index (χ1n) is 8.25. The zero-order valence-electron chi connectivity index (χ0n) is 14.6. The van der Waals surface area contributed by atoms with Gasteiger partial charge in [-0.15, -0.1) is 6.58 Å². The Kier molecular flexibility index (Phi) is 5.12. The van der Waals surface area contributed by atoms with E-state index in [4.69, 9.17) is 0 Å². The number of hydrogen-bond donors (Lipinski definition) is 1. The fourth-order valence-electron chi connectivity index (χ4n) is 2.95. The summed E-state index contributed by atoms with van der Waals surface area (Å²) in [6.07, 6.45) is 1.53. The summed E-state index contributed by atoms with van der Waals surface area (Å²) < 4.78 is 0. The van der Waals surface area contributed by atoms with Crippen LogP contribution in [0.25, 0.3) is 10.8 Å². The topological polar surface area (TPSA) is 115 Å². The lowest BCUT2D eigenvalue weighted by molar-refractivity contribution is -0.394. The Bertz CT molecular complexity index is 1070. The molecule has 1 N–H and O–H groups in total. The largest absolute Gasteiger partial charge is 0.342 e. The molecule has 1 unspecified atom stereocenters. The fourth-order valence-corrected chi connectivity index (χ4v) is 2.95. The molecule has 0 aromatic heterocycles. The van der Waals surface area contributed by atoms with Crippen molar-refractivity contribution in [2.75, 3.05) is 0 Å². The van der Waals surface area contributed by atoms with Crippen LogP contribution in [0.4, 0.5) is 11.4 Å². The predicted octanol–water partition coefficient (Wildman–Crippen LogP) is 4.31. The Morgan fingerprint density at radius 3 is 2.18 bits per heavy atom. The van der Waals surface area contributed by atoms with Crippen LogP contribution < -0.4 is 5.32 Å². The number of rotatable bonds is 6. The number of fused-ring (bicyclic) bond motifs is 1. The molecule has 0 spiro atoms. The number of nitro benzene ring substituents is 2. The molecule has 0 bridgehead atoms. The molecule has 3 aromatic rings. The highest BCUT2D eigenvalue weighted by Gasteiger charge is 2.22. The monoisotopic (exact) mass is 377 g/mol. The molecule has 0 aliphatic rings. The number of non-ortho nitro benzene ring substituents is 2. The molecule has 0 saturated carbocycles. The van der Waals surface area contributed by atoms with Gasteiger partial charge < -0.3 is 5.32 Å². The van der Waals surface area contributed by atoms with Gasteiger partial charge in [-0.25, -0.2) is 0 Å². The van der Waals surface area contributed by atoms with Crippen LogP contribution in [0.3, 0.4) is 0 Å². The molecular formula is C20H15N3O5. The van der Waals surface area contributed by atoms with Gasteiger partial charge >= 0.3 is 0 Å². The van der Waals surface area contributed by atoms with E-state index in [1.54, 1.807) is 0 Å². The number of carbonyl (C=O) groups excluding carboxylic acids is 1. The van der Waals surface area contributed by atoms with E-state index in [9.17, 15) is 25.0 Å². The molecule has 3 aromatic carbocycles. The molecule has 140 valence electrons. The van der Waals surface area contributed by atoms with E-state index in [0.29, 0.717) is 0 Å². The highest BCUT2D eigenvalue weighted by Crippen LogP contribution is 2.27. The maximum Gasteiger partial charge on any atom is 0.277 e. The summed E-state index contributed by atoms with van der Waals surface area (Å²) >= 11 is 0. The molecule has 8 heteroatoms. The van der Waals surface area contributed by atoms with Crippen LogP contribution in [0.5, 0.6) is 0 Å². The molecule has 3 rings (SSSR count). The summed E-state index contributed by atoms with van der Waals surface area (Å²) in [7, 11) is 0. The van der Waals surface area contributed by atoms with Crippen LogP contribution in [-0.2, 0) is 0 Å². The van der Waals surface area contributed by atoms with E-state index in [0.717, 1.165) is 34.5 Å². The highest BCUT2D eigenvalue weighted by atomic mass is 16.6. The van der Waals surface area contributed by atoms with Crippen molar-refractivity contribution in [2.24, 2.45) is 0 Å². The molecule has 8 nitrogen and oxygen atoms in total.